The van der Waals surface area contributed by atoms with Crippen LogP contribution in [-0.4, -0.2) is 21.2 Å². The number of halogens is 3. The quantitative estimate of drug-likeness (QED) is 0.436. The maximum absolute atomic E-state index is 13.0. The second-order valence-electron chi connectivity index (χ2n) is 7.39. The maximum atomic E-state index is 13.0. The number of rotatable bonds is 5. The first-order chi connectivity index (χ1) is 14.2. The number of hydrogen-bond donors (Lipinski definition) is 1. The van der Waals surface area contributed by atoms with Gasteiger partial charge in [0.15, 0.2) is 5.69 Å². The fraction of sp³-hybridized carbons (Fsp3) is 0.227. The molecule has 0 radical (unpaired) electrons. The first-order valence-electron chi connectivity index (χ1n) is 9.24. The van der Waals surface area contributed by atoms with Crippen molar-refractivity contribution in [2.45, 2.75) is 32.7 Å². The minimum absolute atomic E-state index is 0.0444. The molecule has 1 heterocycles. The summed E-state index contributed by atoms with van der Waals surface area (Å²) in [6.45, 7) is 5.81. The molecule has 2 aromatic carbocycles. The fourth-order valence-electron chi connectivity index (χ4n) is 2.84. The lowest BCUT2D eigenvalue weighted by molar-refractivity contribution is 0.0905. The summed E-state index contributed by atoms with van der Waals surface area (Å²) in [5.41, 5.74) is 1.50. The number of nitrogens with zero attached hydrogens (tertiary/aromatic N) is 3. The molecule has 30 heavy (non-hydrogen) atoms. The number of hydrogen-bond acceptors (Lipinski definition) is 3. The van der Waals surface area contributed by atoms with Gasteiger partial charge < -0.3 is 5.32 Å². The lowest BCUT2D eigenvalue weighted by atomic mass is 10.0. The van der Waals surface area contributed by atoms with E-state index in [4.69, 9.17) is 23.2 Å². The predicted molar refractivity (Wildman–Crippen MR) is 123 cm³/mol. The number of aromatic nitrogens is 2. The molecule has 0 saturated heterocycles. The number of carbonyl (C=O) groups is 1. The van der Waals surface area contributed by atoms with Gasteiger partial charge in [0.1, 0.15) is 11.6 Å². The summed E-state index contributed by atoms with van der Waals surface area (Å²) in [5.74, 6) is -0.416. The third-order valence-electron chi connectivity index (χ3n) is 4.80. The third-order valence-corrected chi connectivity index (χ3v) is 5.87. The second-order valence-corrected chi connectivity index (χ2v) is 9.15. The van der Waals surface area contributed by atoms with Gasteiger partial charge in [-0.25, -0.2) is 4.68 Å². The standard InChI is InChI=1S/C22H19BrCl2N4O/c1-4-22(2,3)27-21(30)19-16(12-26)20(13-5-7-14(23)8-6-13)29(28-19)18-10-9-15(24)11-17(18)25/h5-11H,4H2,1-3H3,(H,27,30). The highest BCUT2D eigenvalue weighted by Gasteiger charge is 2.28. The van der Waals surface area contributed by atoms with Crippen molar-refractivity contribution in [1.82, 2.24) is 15.1 Å². The molecule has 0 fully saturated rings. The zero-order valence-corrected chi connectivity index (χ0v) is 19.7. The van der Waals surface area contributed by atoms with E-state index in [0.717, 1.165) is 16.5 Å². The number of carbonyl (C=O) groups excluding carboxylic acids is 1. The van der Waals surface area contributed by atoms with E-state index in [9.17, 15) is 10.1 Å². The summed E-state index contributed by atoms with van der Waals surface area (Å²) in [4.78, 5) is 13.0. The molecular formula is C22H19BrCl2N4O. The second kappa shape index (κ2) is 8.81. The molecule has 0 spiro atoms. The molecule has 0 aliphatic carbocycles. The number of amides is 1. The molecular weight excluding hydrogens is 487 g/mol. The van der Waals surface area contributed by atoms with E-state index < -0.39 is 11.4 Å². The first kappa shape index (κ1) is 22.4. The van der Waals surface area contributed by atoms with Gasteiger partial charge in [0.25, 0.3) is 5.91 Å². The molecule has 0 aliphatic heterocycles. The number of nitriles is 1. The van der Waals surface area contributed by atoms with E-state index in [-0.39, 0.29) is 11.3 Å². The van der Waals surface area contributed by atoms with Crippen molar-refractivity contribution in [2.24, 2.45) is 0 Å². The van der Waals surface area contributed by atoms with Crippen molar-refractivity contribution >= 4 is 45.0 Å². The third kappa shape index (κ3) is 4.54. The topological polar surface area (TPSA) is 70.7 Å². The van der Waals surface area contributed by atoms with Crippen LogP contribution in [0.5, 0.6) is 0 Å². The molecule has 5 nitrogen and oxygen atoms in total. The average Bonchev–Trinajstić information content (AvgIpc) is 3.07. The average molecular weight is 506 g/mol. The predicted octanol–water partition coefficient (Wildman–Crippen LogP) is 6.40. The SMILES string of the molecule is CCC(C)(C)NC(=O)c1nn(-c2ccc(Cl)cc2Cl)c(-c2ccc(Br)cc2)c1C#N. The van der Waals surface area contributed by atoms with Gasteiger partial charge >= 0.3 is 0 Å². The normalized spacial score (nSPS) is 11.2. The van der Waals surface area contributed by atoms with Gasteiger partial charge in [-0.05, 0) is 50.6 Å². The minimum atomic E-state index is -0.441. The summed E-state index contributed by atoms with van der Waals surface area (Å²) in [5, 5.41) is 18.2. The molecule has 154 valence electrons. The monoisotopic (exact) mass is 504 g/mol. The van der Waals surface area contributed by atoms with Crippen LogP contribution >= 0.6 is 39.1 Å². The van der Waals surface area contributed by atoms with Crippen molar-refractivity contribution in [3.05, 3.63) is 68.2 Å². The Morgan fingerprint density at radius 1 is 1.23 bits per heavy atom. The van der Waals surface area contributed by atoms with Crippen LogP contribution in [0, 0.1) is 11.3 Å². The van der Waals surface area contributed by atoms with Crippen LogP contribution < -0.4 is 5.32 Å². The van der Waals surface area contributed by atoms with Gasteiger partial charge in [0.05, 0.1) is 16.4 Å². The van der Waals surface area contributed by atoms with Crippen molar-refractivity contribution in [3.8, 4) is 23.0 Å². The Bertz CT molecular complexity index is 1150. The Kier molecular flexibility index (Phi) is 6.56. The minimum Gasteiger partial charge on any atom is -0.346 e. The maximum Gasteiger partial charge on any atom is 0.273 e. The molecule has 0 aliphatic rings. The molecule has 8 heteroatoms. The van der Waals surface area contributed by atoms with Crippen LogP contribution in [-0.2, 0) is 0 Å². The molecule has 0 saturated carbocycles. The van der Waals surface area contributed by atoms with Crippen LogP contribution in [0.4, 0.5) is 0 Å². The molecule has 1 N–H and O–H groups in total. The summed E-state index contributed by atoms with van der Waals surface area (Å²) < 4.78 is 2.41. The molecule has 0 unspecified atom stereocenters. The number of nitrogens with one attached hydrogen (secondary N) is 1. The van der Waals surface area contributed by atoms with Crippen molar-refractivity contribution in [3.63, 3.8) is 0 Å². The Morgan fingerprint density at radius 2 is 1.90 bits per heavy atom. The molecule has 0 bridgehead atoms. The Labute approximate surface area is 193 Å². The summed E-state index contributed by atoms with van der Waals surface area (Å²) in [6.07, 6.45) is 0.726. The van der Waals surface area contributed by atoms with Gasteiger partial charge in [-0.1, -0.05) is 58.2 Å². The Hall–Kier alpha value is -2.33. The van der Waals surface area contributed by atoms with E-state index >= 15 is 0 Å². The van der Waals surface area contributed by atoms with Gasteiger partial charge in [0, 0.05) is 20.6 Å². The van der Waals surface area contributed by atoms with Crippen molar-refractivity contribution < 1.29 is 4.79 Å². The largest absolute Gasteiger partial charge is 0.346 e. The zero-order valence-electron chi connectivity index (χ0n) is 16.6. The number of benzene rings is 2. The van der Waals surface area contributed by atoms with E-state index in [1.807, 2.05) is 45.0 Å². The summed E-state index contributed by atoms with van der Waals surface area (Å²) in [6, 6.07) is 14.6. The van der Waals surface area contributed by atoms with Crippen LogP contribution in [0.25, 0.3) is 16.9 Å². The highest BCUT2D eigenvalue weighted by Crippen LogP contribution is 2.33. The van der Waals surface area contributed by atoms with Crippen molar-refractivity contribution in [2.75, 3.05) is 0 Å². The van der Waals surface area contributed by atoms with E-state index in [0.29, 0.717) is 21.4 Å². The Balaban J connectivity index is 2.27. The molecule has 0 atom stereocenters. The van der Waals surface area contributed by atoms with Crippen LogP contribution in [0.2, 0.25) is 10.0 Å². The lowest BCUT2D eigenvalue weighted by Gasteiger charge is -2.23. The van der Waals surface area contributed by atoms with Crippen LogP contribution in [0.15, 0.2) is 46.9 Å². The zero-order chi connectivity index (χ0) is 22.1. The molecule has 1 amide bonds. The van der Waals surface area contributed by atoms with Crippen LogP contribution in [0.3, 0.4) is 0 Å². The summed E-state index contributed by atoms with van der Waals surface area (Å²) >= 11 is 15.9. The van der Waals surface area contributed by atoms with Gasteiger partial charge in [-0.15, -0.1) is 0 Å². The molecule has 1 aromatic heterocycles. The summed E-state index contributed by atoms with van der Waals surface area (Å²) in [7, 11) is 0. The van der Waals surface area contributed by atoms with Gasteiger partial charge in [-0.2, -0.15) is 10.4 Å². The van der Waals surface area contributed by atoms with Crippen LogP contribution in [0.1, 0.15) is 43.2 Å². The van der Waals surface area contributed by atoms with E-state index in [1.54, 1.807) is 18.2 Å². The first-order valence-corrected chi connectivity index (χ1v) is 10.8. The molecule has 3 aromatic rings. The van der Waals surface area contributed by atoms with E-state index in [2.05, 4.69) is 32.4 Å². The van der Waals surface area contributed by atoms with Gasteiger partial charge in [0.2, 0.25) is 0 Å². The lowest BCUT2D eigenvalue weighted by Crippen LogP contribution is -2.43. The highest BCUT2D eigenvalue weighted by molar-refractivity contribution is 9.10. The smallest absolute Gasteiger partial charge is 0.273 e. The highest BCUT2D eigenvalue weighted by atomic mass is 79.9. The van der Waals surface area contributed by atoms with Gasteiger partial charge in [-0.3, -0.25) is 4.79 Å². The fourth-order valence-corrected chi connectivity index (χ4v) is 3.59. The Morgan fingerprint density at radius 3 is 2.47 bits per heavy atom. The van der Waals surface area contributed by atoms with E-state index in [1.165, 1.54) is 4.68 Å². The van der Waals surface area contributed by atoms with Crippen molar-refractivity contribution in [1.29, 1.82) is 5.26 Å². The molecule has 3 rings (SSSR count).